The molecule has 0 amide bonds. The smallest absolute Gasteiger partial charge is 0.335 e. The third-order valence-corrected chi connectivity index (χ3v) is 6.43. The van der Waals surface area contributed by atoms with Gasteiger partial charge in [0, 0.05) is 17.5 Å². The summed E-state index contributed by atoms with van der Waals surface area (Å²) in [5.74, 6) is 0.353. The fraction of sp³-hybridized carbons (Fsp3) is 0.478. The van der Waals surface area contributed by atoms with Gasteiger partial charge in [-0.05, 0) is 80.9 Å². The lowest BCUT2D eigenvalue weighted by atomic mass is 9.86. The summed E-state index contributed by atoms with van der Waals surface area (Å²) in [6.07, 6.45) is 5.34. The number of hydrogen-bond donors (Lipinski definition) is 0. The molecule has 0 bridgehead atoms. The summed E-state index contributed by atoms with van der Waals surface area (Å²) in [5.41, 5.74) is 2.48. The van der Waals surface area contributed by atoms with Crippen LogP contribution < -0.4 is 4.74 Å². The van der Waals surface area contributed by atoms with Gasteiger partial charge in [0.05, 0.1) is 0 Å². The molecule has 1 heterocycles. The molecular formula is C23H30N2O2S. The molecule has 150 valence electrons. The van der Waals surface area contributed by atoms with Crippen molar-refractivity contribution in [3.05, 3.63) is 51.7 Å². The van der Waals surface area contributed by atoms with Crippen LogP contribution in [0.4, 0.5) is 0 Å². The van der Waals surface area contributed by atoms with Gasteiger partial charge in [0.1, 0.15) is 11.8 Å². The van der Waals surface area contributed by atoms with Gasteiger partial charge < -0.3 is 4.74 Å². The van der Waals surface area contributed by atoms with E-state index in [4.69, 9.17) is 4.74 Å². The number of nitrogens with zero attached hydrogens (tertiary/aromatic N) is 2. The zero-order chi connectivity index (χ0) is 19.9. The van der Waals surface area contributed by atoms with Crippen LogP contribution in [-0.4, -0.2) is 42.8 Å². The predicted molar refractivity (Wildman–Crippen MR) is 117 cm³/mol. The van der Waals surface area contributed by atoms with Crippen molar-refractivity contribution in [1.82, 2.24) is 4.90 Å². The zero-order valence-corrected chi connectivity index (χ0v) is 17.7. The Morgan fingerprint density at radius 1 is 1.36 bits per heavy atom. The highest BCUT2D eigenvalue weighted by molar-refractivity contribution is 7.09. The molecule has 5 heteroatoms. The maximum atomic E-state index is 12.1. The predicted octanol–water partition coefficient (Wildman–Crippen LogP) is 4.55. The fourth-order valence-corrected chi connectivity index (χ4v) is 4.60. The minimum atomic E-state index is -0.538. The van der Waals surface area contributed by atoms with Crippen molar-refractivity contribution < 1.29 is 9.53 Å². The van der Waals surface area contributed by atoms with Gasteiger partial charge in [-0.3, -0.25) is 9.89 Å². The van der Waals surface area contributed by atoms with Crippen LogP contribution in [0.1, 0.15) is 42.7 Å². The van der Waals surface area contributed by atoms with Crippen molar-refractivity contribution in [1.29, 1.82) is 0 Å². The van der Waals surface area contributed by atoms with Crippen molar-refractivity contribution >= 4 is 24.0 Å². The van der Waals surface area contributed by atoms with E-state index in [0.717, 1.165) is 45.2 Å². The number of esters is 1. The normalized spacial score (nSPS) is 17.2. The highest BCUT2D eigenvalue weighted by atomic mass is 32.1. The van der Waals surface area contributed by atoms with Gasteiger partial charge >= 0.3 is 5.97 Å². The largest absolute Gasteiger partial charge is 0.425 e. The van der Waals surface area contributed by atoms with Crippen LogP contribution in [0, 0.1) is 0 Å². The van der Waals surface area contributed by atoms with Gasteiger partial charge in [0.25, 0.3) is 0 Å². The second-order valence-electron chi connectivity index (χ2n) is 7.44. The quantitative estimate of drug-likeness (QED) is 0.353. The molecule has 0 fully saturated rings. The van der Waals surface area contributed by atoms with Crippen LogP contribution in [-0.2, 0) is 24.1 Å². The minimum absolute atomic E-state index is 0.339. The summed E-state index contributed by atoms with van der Waals surface area (Å²) in [6, 6.07) is 10.4. The molecule has 3 rings (SSSR count). The Bertz CT molecular complexity index is 788. The third kappa shape index (κ3) is 5.09. The zero-order valence-electron chi connectivity index (χ0n) is 16.9. The van der Waals surface area contributed by atoms with Crippen molar-refractivity contribution in [2.45, 2.75) is 58.0 Å². The molecule has 1 aliphatic carbocycles. The molecule has 0 saturated heterocycles. The topological polar surface area (TPSA) is 41.9 Å². The van der Waals surface area contributed by atoms with E-state index >= 15 is 0 Å². The number of benzene rings is 1. The first-order valence-electron chi connectivity index (χ1n) is 10.2. The summed E-state index contributed by atoms with van der Waals surface area (Å²) >= 11 is 1.84. The first-order valence-corrected chi connectivity index (χ1v) is 11.0. The van der Waals surface area contributed by atoms with Gasteiger partial charge in [-0.1, -0.05) is 25.1 Å². The molecule has 1 unspecified atom stereocenters. The molecule has 0 aliphatic heterocycles. The van der Waals surface area contributed by atoms with Gasteiger partial charge in [-0.15, -0.1) is 11.3 Å². The Labute approximate surface area is 172 Å². The van der Waals surface area contributed by atoms with E-state index in [-0.39, 0.29) is 5.97 Å². The van der Waals surface area contributed by atoms with Crippen molar-refractivity contribution in [3.8, 4) is 5.75 Å². The fourth-order valence-electron chi connectivity index (χ4n) is 3.90. The number of hydrogen-bond acceptors (Lipinski definition) is 5. The van der Waals surface area contributed by atoms with Crippen LogP contribution in [0.3, 0.4) is 0 Å². The SMILES string of the molecule is C=NC(C)C(=O)Oc1cccc2c1CC[C@H](N(CCC)CCc1cccs1)C2. The second kappa shape index (κ2) is 9.99. The van der Waals surface area contributed by atoms with Crippen LogP contribution in [0.2, 0.25) is 0 Å². The van der Waals surface area contributed by atoms with Crippen LogP contribution in [0.5, 0.6) is 5.75 Å². The molecular weight excluding hydrogens is 368 g/mol. The molecule has 2 atom stereocenters. The minimum Gasteiger partial charge on any atom is -0.425 e. The third-order valence-electron chi connectivity index (χ3n) is 5.49. The van der Waals surface area contributed by atoms with Crippen molar-refractivity contribution in [3.63, 3.8) is 0 Å². The molecule has 28 heavy (non-hydrogen) atoms. The Morgan fingerprint density at radius 2 is 2.21 bits per heavy atom. The average molecular weight is 399 g/mol. The first kappa shape index (κ1) is 20.7. The summed E-state index contributed by atoms with van der Waals surface area (Å²) in [4.78, 5) is 20.0. The molecule has 0 saturated carbocycles. The number of aliphatic imine (C=N–C) groups is 1. The van der Waals surface area contributed by atoms with E-state index in [1.807, 2.05) is 23.5 Å². The Morgan fingerprint density at radius 3 is 2.93 bits per heavy atom. The van der Waals surface area contributed by atoms with Crippen LogP contribution in [0.25, 0.3) is 0 Å². The maximum Gasteiger partial charge on any atom is 0.335 e. The van der Waals surface area contributed by atoms with E-state index in [1.165, 1.54) is 16.0 Å². The van der Waals surface area contributed by atoms with Gasteiger partial charge in [-0.2, -0.15) is 0 Å². The monoisotopic (exact) mass is 398 g/mol. The highest BCUT2D eigenvalue weighted by Crippen LogP contribution is 2.32. The van der Waals surface area contributed by atoms with Crippen molar-refractivity contribution in [2.24, 2.45) is 4.99 Å². The van der Waals surface area contributed by atoms with E-state index in [2.05, 4.69) is 47.1 Å². The van der Waals surface area contributed by atoms with E-state index in [1.54, 1.807) is 6.92 Å². The summed E-state index contributed by atoms with van der Waals surface area (Å²) in [7, 11) is 0. The van der Waals surface area contributed by atoms with Gasteiger partial charge in [0.15, 0.2) is 0 Å². The number of carbonyl (C=O) groups excluding carboxylic acids is 1. The average Bonchev–Trinajstić information content (AvgIpc) is 3.24. The summed E-state index contributed by atoms with van der Waals surface area (Å²) in [5, 5.41) is 2.15. The first-order chi connectivity index (χ1) is 13.6. The molecule has 1 aromatic carbocycles. The molecule has 4 nitrogen and oxygen atoms in total. The summed E-state index contributed by atoms with van der Waals surface area (Å²) in [6.45, 7) is 9.62. The molecule has 0 spiro atoms. The Kier molecular flexibility index (Phi) is 7.40. The lowest BCUT2D eigenvalue weighted by Crippen LogP contribution is -2.41. The maximum absolute atomic E-state index is 12.1. The second-order valence-corrected chi connectivity index (χ2v) is 8.47. The molecule has 0 N–H and O–H groups in total. The Balaban J connectivity index is 1.69. The van der Waals surface area contributed by atoms with Gasteiger partial charge in [0.2, 0.25) is 0 Å². The van der Waals surface area contributed by atoms with Crippen LogP contribution >= 0.6 is 11.3 Å². The van der Waals surface area contributed by atoms with E-state index < -0.39 is 6.04 Å². The lowest BCUT2D eigenvalue weighted by Gasteiger charge is -2.35. The molecule has 0 radical (unpaired) electrons. The molecule has 2 aromatic rings. The van der Waals surface area contributed by atoms with Crippen molar-refractivity contribution in [2.75, 3.05) is 13.1 Å². The van der Waals surface area contributed by atoms with Gasteiger partial charge in [-0.25, -0.2) is 4.79 Å². The standard InChI is InChI=1S/C23H30N2O2S/c1-4-13-25(14-12-20-8-6-15-28-20)19-10-11-21-18(16-19)7-5-9-22(21)27-23(26)17(2)24-3/h5-9,15,17,19H,3-4,10-14,16H2,1-2H3/t17?,19-/m0/s1. The van der Waals surface area contributed by atoms with E-state index in [9.17, 15) is 4.79 Å². The highest BCUT2D eigenvalue weighted by Gasteiger charge is 2.26. The summed E-state index contributed by atoms with van der Waals surface area (Å²) < 4.78 is 5.62. The Hall–Kier alpha value is -1.98. The number of thiophene rings is 1. The number of ether oxygens (including phenoxy) is 1. The number of carbonyl (C=O) groups is 1. The van der Waals surface area contributed by atoms with E-state index in [0.29, 0.717) is 11.8 Å². The number of fused-ring (bicyclic) bond motifs is 1. The molecule has 1 aromatic heterocycles. The molecule has 1 aliphatic rings. The van der Waals surface area contributed by atoms with Crippen LogP contribution in [0.15, 0.2) is 40.7 Å². The lowest BCUT2D eigenvalue weighted by molar-refractivity contribution is -0.135. The number of rotatable bonds is 9.